The molecule has 0 amide bonds. The molecule has 4 heterocycles. The summed E-state index contributed by atoms with van der Waals surface area (Å²) in [6.45, 7) is 6.98. The summed E-state index contributed by atoms with van der Waals surface area (Å²) in [6, 6.07) is 13.7. The van der Waals surface area contributed by atoms with Gasteiger partial charge in [-0.25, -0.2) is 4.98 Å². The smallest absolute Gasteiger partial charge is 0.213 e. The third kappa shape index (κ3) is 5.14. The summed E-state index contributed by atoms with van der Waals surface area (Å²) in [4.78, 5) is 12.0. The van der Waals surface area contributed by atoms with E-state index >= 15 is 0 Å². The Morgan fingerprint density at radius 1 is 0.861 bits per heavy atom. The molecule has 0 radical (unpaired) electrons. The van der Waals surface area contributed by atoms with E-state index < -0.39 is 0 Å². The van der Waals surface area contributed by atoms with E-state index in [4.69, 9.17) is 14.2 Å². The molecule has 7 heteroatoms. The second-order valence-electron chi connectivity index (χ2n) is 10.9. The third-order valence-electron chi connectivity index (χ3n) is 8.79. The first-order chi connectivity index (χ1) is 17.7. The molecule has 0 N–H and O–H groups in total. The molecule has 36 heavy (non-hydrogen) atoms. The minimum Gasteiger partial charge on any atom is -0.490 e. The van der Waals surface area contributed by atoms with E-state index in [1.54, 1.807) is 7.11 Å². The minimum absolute atomic E-state index is 0.0773. The van der Waals surface area contributed by atoms with Crippen molar-refractivity contribution in [3.05, 3.63) is 42.6 Å². The lowest BCUT2D eigenvalue weighted by Gasteiger charge is -2.48. The molecule has 1 aliphatic carbocycles. The summed E-state index contributed by atoms with van der Waals surface area (Å²) in [5.74, 6) is 1.66. The minimum atomic E-state index is -0.0773. The molecule has 1 aromatic heterocycles. The van der Waals surface area contributed by atoms with Gasteiger partial charge in [0.05, 0.1) is 31.2 Å². The Hall–Kier alpha value is -2.51. The highest BCUT2D eigenvalue weighted by atomic mass is 16.5. The second kappa shape index (κ2) is 10.5. The fraction of sp³-hybridized carbons (Fsp3) is 0.621. The topological polar surface area (TPSA) is 50.3 Å². The number of morpholine rings is 1. The zero-order chi connectivity index (χ0) is 24.4. The van der Waals surface area contributed by atoms with Crippen LogP contribution in [0.15, 0.2) is 42.6 Å². The zero-order valence-corrected chi connectivity index (χ0v) is 21.6. The van der Waals surface area contributed by atoms with Crippen LogP contribution in [0.25, 0.3) is 0 Å². The number of pyridine rings is 1. The van der Waals surface area contributed by atoms with Crippen molar-refractivity contribution in [3.63, 3.8) is 0 Å². The van der Waals surface area contributed by atoms with Gasteiger partial charge in [0.15, 0.2) is 0 Å². The lowest BCUT2D eigenvalue weighted by atomic mass is 9.89. The SMILES string of the molecule is COc1ccc(N2CCOC3(CCN(c4ccc(OC5CCN(C6CCC6)CC5)cc4)CC3)C2)cn1. The van der Waals surface area contributed by atoms with Gasteiger partial charge in [-0.3, -0.25) is 0 Å². The molecular weight excluding hydrogens is 452 g/mol. The van der Waals surface area contributed by atoms with Gasteiger partial charge >= 0.3 is 0 Å². The standard InChI is InChI=1S/C29H40N4O3/c1-34-28-10-7-25(21-30-28)33-19-20-35-29(22-33)13-17-32(18-14-29)24-5-8-26(9-6-24)36-27-11-15-31(16-12-27)23-3-2-4-23/h5-10,21,23,27H,2-4,11-20,22H2,1H3. The number of hydrogen-bond acceptors (Lipinski definition) is 7. The Morgan fingerprint density at radius 2 is 1.61 bits per heavy atom. The third-order valence-corrected chi connectivity index (χ3v) is 8.79. The molecule has 3 saturated heterocycles. The maximum absolute atomic E-state index is 6.39. The van der Waals surface area contributed by atoms with Gasteiger partial charge in [0.1, 0.15) is 11.9 Å². The van der Waals surface area contributed by atoms with Crippen molar-refractivity contribution >= 4 is 11.4 Å². The maximum atomic E-state index is 6.39. The largest absolute Gasteiger partial charge is 0.490 e. The van der Waals surface area contributed by atoms with E-state index in [-0.39, 0.29) is 5.60 Å². The molecule has 2 aromatic rings. The summed E-state index contributed by atoms with van der Waals surface area (Å²) >= 11 is 0. The number of nitrogens with zero attached hydrogens (tertiary/aromatic N) is 4. The zero-order valence-electron chi connectivity index (χ0n) is 21.6. The summed E-state index contributed by atoms with van der Waals surface area (Å²) in [5, 5.41) is 0. The Balaban J connectivity index is 0.997. The van der Waals surface area contributed by atoms with Crippen molar-refractivity contribution in [2.24, 2.45) is 0 Å². The van der Waals surface area contributed by atoms with Crippen LogP contribution in [-0.4, -0.2) is 80.6 Å². The number of piperidine rings is 2. The molecule has 0 unspecified atom stereocenters. The molecule has 4 fully saturated rings. The molecule has 1 saturated carbocycles. The van der Waals surface area contributed by atoms with Crippen LogP contribution in [0, 0.1) is 0 Å². The summed E-state index contributed by atoms with van der Waals surface area (Å²) in [6.07, 6.45) is 10.8. The lowest BCUT2D eigenvalue weighted by Crippen LogP contribution is -2.57. The fourth-order valence-corrected chi connectivity index (χ4v) is 6.26. The van der Waals surface area contributed by atoms with Crippen molar-refractivity contribution in [1.29, 1.82) is 0 Å². The molecular formula is C29H40N4O3. The van der Waals surface area contributed by atoms with E-state index in [9.17, 15) is 0 Å². The molecule has 0 atom stereocenters. The Labute approximate surface area is 215 Å². The first-order valence-corrected chi connectivity index (χ1v) is 13.8. The average Bonchev–Trinajstić information content (AvgIpc) is 2.90. The highest BCUT2D eigenvalue weighted by Gasteiger charge is 2.40. The van der Waals surface area contributed by atoms with Crippen LogP contribution in [0.5, 0.6) is 11.6 Å². The fourth-order valence-electron chi connectivity index (χ4n) is 6.26. The predicted octanol–water partition coefficient (Wildman–Crippen LogP) is 4.36. The van der Waals surface area contributed by atoms with Crippen molar-refractivity contribution in [2.75, 3.05) is 62.8 Å². The number of rotatable bonds is 6. The van der Waals surface area contributed by atoms with Crippen molar-refractivity contribution in [3.8, 4) is 11.6 Å². The van der Waals surface area contributed by atoms with Crippen LogP contribution >= 0.6 is 0 Å². The van der Waals surface area contributed by atoms with Crippen molar-refractivity contribution in [2.45, 2.75) is 62.7 Å². The van der Waals surface area contributed by atoms with E-state index in [0.29, 0.717) is 12.0 Å². The van der Waals surface area contributed by atoms with Gasteiger partial charge < -0.3 is 28.9 Å². The lowest BCUT2D eigenvalue weighted by molar-refractivity contribution is -0.0704. The molecule has 1 spiro atoms. The van der Waals surface area contributed by atoms with Crippen LogP contribution < -0.4 is 19.3 Å². The molecule has 4 aliphatic rings. The number of anilines is 2. The summed E-state index contributed by atoms with van der Waals surface area (Å²) < 4.78 is 18.0. The molecule has 6 rings (SSSR count). The van der Waals surface area contributed by atoms with Crippen molar-refractivity contribution in [1.82, 2.24) is 9.88 Å². The molecule has 0 bridgehead atoms. The van der Waals surface area contributed by atoms with Crippen LogP contribution in [0.2, 0.25) is 0 Å². The highest BCUT2D eigenvalue weighted by Crippen LogP contribution is 2.35. The van der Waals surface area contributed by atoms with Gasteiger partial charge in [-0.15, -0.1) is 0 Å². The quantitative estimate of drug-likeness (QED) is 0.594. The van der Waals surface area contributed by atoms with Gasteiger partial charge in [0.25, 0.3) is 0 Å². The number of benzene rings is 1. The van der Waals surface area contributed by atoms with Crippen LogP contribution in [0.4, 0.5) is 11.4 Å². The van der Waals surface area contributed by atoms with Crippen molar-refractivity contribution < 1.29 is 14.2 Å². The van der Waals surface area contributed by atoms with Gasteiger partial charge in [0, 0.05) is 57.1 Å². The normalized spacial score (nSPS) is 23.5. The Morgan fingerprint density at radius 3 is 2.25 bits per heavy atom. The first-order valence-electron chi connectivity index (χ1n) is 13.8. The number of aromatic nitrogens is 1. The van der Waals surface area contributed by atoms with E-state index in [1.807, 2.05) is 12.3 Å². The van der Waals surface area contributed by atoms with Gasteiger partial charge in [-0.2, -0.15) is 0 Å². The number of ether oxygens (including phenoxy) is 3. The number of hydrogen-bond donors (Lipinski definition) is 0. The second-order valence-corrected chi connectivity index (χ2v) is 10.9. The van der Waals surface area contributed by atoms with Crippen LogP contribution in [0.1, 0.15) is 44.9 Å². The summed E-state index contributed by atoms with van der Waals surface area (Å²) in [5.41, 5.74) is 2.35. The number of likely N-dealkylation sites (tertiary alicyclic amines) is 1. The van der Waals surface area contributed by atoms with Crippen LogP contribution in [-0.2, 0) is 4.74 Å². The predicted molar refractivity (Wildman–Crippen MR) is 142 cm³/mol. The van der Waals surface area contributed by atoms with E-state index in [2.05, 4.69) is 50.0 Å². The number of methoxy groups -OCH3 is 1. The maximum Gasteiger partial charge on any atom is 0.213 e. The summed E-state index contributed by atoms with van der Waals surface area (Å²) in [7, 11) is 1.65. The van der Waals surface area contributed by atoms with Gasteiger partial charge in [-0.05, 0) is 68.9 Å². The Kier molecular flexibility index (Phi) is 6.94. The highest BCUT2D eigenvalue weighted by molar-refractivity contribution is 5.50. The van der Waals surface area contributed by atoms with Crippen LogP contribution in [0.3, 0.4) is 0 Å². The monoisotopic (exact) mass is 492 g/mol. The molecule has 1 aromatic carbocycles. The molecule has 194 valence electrons. The van der Waals surface area contributed by atoms with E-state index in [0.717, 1.165) is 75.9 Å². The Bertz CT molecular complexity index is 979. The first kappa shape index (κ1) is 23.9. The molecule has 3 aliphatic heterocycles. The van der Waals surface area contributed by atoms with Gasteiger partial charge in [0.2, 0.25) is 5.88 Å². The average molecular weight is 493 g/mol. The molecule has 7 nitrogen and oxygen atoms in total. The van der Waals surface area contributed by atoms with E-state index in [1.165, 1.54) is 38.0 Å². The van der Waals surface area contributed by atoms with Gasteiger partial charge in [-0.1, -0.05) is 6.42 Å².